The first-order valence-corrected chi connectivity index (χ1v) is 7.95. The Hall–Kier alpha value is -0.450. The standard InChI is InChI=1S/C16H34N4/c1-13-11-15(3,4)19-10-8-18-14(2)12-16(5,6)20-9-7-17-13/h7,13-14,18-20H,8-12H2,1-6H3. The monoisotopic (exact) mass is 282 g/mol. The molecular weight excluding hydrogens is 248 g/mol. The van der Waals surface area contributed by atoms with Gasteiger partial charge in [0.05, 0.1) is 0 Å². The van der Waals surface area contributed by atoms with Crippen LogP contribution in [0, 0.1) is 0 Å². The Labute approximate surface area is 125 Å². The van der Waals surface area contributed by atoms with Gasteiger partial charge in [-0.3, -0.25) is 4.99 Å². The minimum Gasteiger partial charge on any atom is -0.313 e. The van der Waals surface area contributed by atoms with Gasteiger partial charge in [-0.2, -0.15) is 0 Å². The molecule has 1 aliphatic rings. The van der Waals surface area contributed by atoms with Gasteiger partial charge in [0, 0.05) is 49.0 Å². The molecule has 2 atom stereocenters. The molecule has 118 valence electrons. The van der Waals surface area contributed by atoms with Crippen molar-refractivity contribution >= 4 is 6.21 Å². The van der Waals surface area contributed by atoms with Gasteiger partial charge < -0.3 is 16.0 Å². The van der Waals surface area contributed by atoms with E-state index in [4.69, 9.17) is 0 Å². The highest BCUT2D eigenvalue weighted by Gasteiger charge is 2.22. The maximum atomic E-state index is 4.65. The van der Waals surface area contributed by atoms with E-state index in [1.54, 1.807) is 0 Å². The predicted molar refractivity (Wildman–Crippen MR) is 88.8 cm³/mol. The molecule has 0 aromatic rings. The van der Waals surface area contributed by atoms with E-state index < -0.39 is 0 Å². The maximum Gasteiger partial charge on any atom is 0.0485 e. The van der Waals surface area contributed by atoms with Gasteiger partial charge in [-0.15, -0.1) is 0 Å². The van der Waals surface area contributed by atoms with Crippen LogP contribution in [0.2, 0.25) is 0 Å². The Balaban J connectivity index is 2.65. The summed E-state index contributed by atoms with van der Waals surface area (Å²) >= 11 is 0. The van der Waals surface area contributed by atoms with Crippen molar-refractivity contribution in [3.8, 4) is 0 Å². The highest BCUT2D eigenvalue weighted by atomic mass is 15.0. The van der Waals surface area contributed by atoms with Crippen LogP contribution in [-0.2, 0) is 0 Å². The highest BCUT2D eigenvalue weighted by molar-refractivity contribution is 5.60. The molecule has 2 unspecified atom stereocenters. The SMILES string of the molecule is CC1CC(C)(C)NCCNC(C)CC(C)(C)NCC=N1. The summed E-state index contributed by atoms with van der Waals surface area (Å²) in [7, 11) is 0. The van der Waals surface area contributed by atoms with E-state index in [1.165, 1.54) is 0 Å². The Bertz CT molecular complexity index is 310. The largest absolute Gasteiger partial charge is 0.313 e. The molecule has 3 N–H and O–H groups in total. The summed E-state index contributed by atoms with van der Waals surface area (Å²) in [6.45, 7) is 16.3. The number of aliphatic imine (C=N–C) groups is 1. The van der Waals surface area contributed by atoms with E-state index in [-0.39, 0.29) is 11.1 Å². The lowest BCUT2D eigenvalue weighted by Crippen LogP contribution is -2.48. The third kappa shape index (κ3) is 7.36. The molecule has 0 aromatic carbocycles. The zero-order valence-corrected chi connectivity index (χ0v) is 14.2. The summed E-state index contributed by atoms with van der Waals surface area (Å²) in [5.41, 5.74) is 0.275. The molecule has 0 bridgehead atoms. The van der Waals surface area contributed by atoms with Crippen LogP contribution in [0.15, 0.2) is 4.99 Å². The molecule has 0 amide bonds. The molecule has 0 spiro atoms. The van der Waals surface area contributed by atoms with Crippen molar-refractivity contribution in [2.24, 2.45) is 4.99 Å². The second kappa shape index (κ2) is 7.53. The number of nitrogens with zero attached hydrogens (tertiary/aromatic N) is 1. The summed E-state index contributed by atoms with van der Waals surface area (Å²) < 4.78 is 0. The first-order valence-electron chi connectivity index (χ1n) is 7.95. The van der Waals surface area contributed by atoms with Crippen LogP contribution in [0.4, 0.5) is 0 Å². The van der Waals surface area contributed by atoms with Gasteiger partial charge in [0.25, 0.3) is 0 Å². The summed E-state index contributed by atoms with van der Waals surface area (Å²) in [4.78, 5) is 4.65. The smallest absolute Gasteiger partial charge is 0.0485 e. The van der Waals surface area contributed by atoms with Crippen molar-refractivity contribution in [3.05, 3.63) is 0 Å². The molecule has 4 nitrogen and oxygen atoms in total. The fourth-order valence-electron chi connectivity index (χ4n) is 3.05. The topological polar surface area (TPSA) is 48.4 Å². The van der Waals surface area contributed by atoms with E-state index in [9.17, 15) is 0 Å². The van der Waals surface area contributed by atoms with Crippen LogP contribution >= 0.6 is 0 Å². The quantitative estimate of drug-likeness (QED) is 0.636. The molecule has 1 heterocycles. The van der Waals surface area contributed by atoms with Crippen molar-refractivity contribution in [1.82, 2.24) is 16.0 Å². The molecule has 4 heteroatoms. The number of hydrogen-bond donors (Lipinski definition) is 3. The van der Waals surface area contributed by atoms with Gasteiger partial charge in [0.15, 0.2) is 0 Å². The molecule has 0 saturated heterocycles. The second-order valence-electron chi connectivity index (χ2n) is 7.52. The van der Waals surface area contributed by atoms with Crippen LogP contribution in [0.25, 0.3) is 0 Å². The van der Waals surface area contributed by atoms with Crippen LogP contribution in [0.3, 0.4) is 0 Å². The second-order valence-corrected chi connectivity index (χ2v) is 7.52. The van der Waals surface area contributed by atoms with Crippen LogP contribution in [-0.4, -0.2) is 49.0 Å². The molecule has 0 saturated carbocycles. The van der Waals surface area contributed by atoms with Gasteiger partial charge in [-0.05, 0) is 54.4 Å². The predicted octanol–water partition coefficient (Wildman–Crippen LogP) is 1.95. The molecule has 0 radical (unpaired) electrons. The van der Waals surface area contributed by atoms with Crippen molar-refractivity contribution < 1.29 is 0 Å². The zero-order chi connectivity index (χ0) is 15.2. The summed E-state index contributed by atoms with van der Waals surface area (Å²) in [6.07, 6.45) is 4.20. The van der Waals surface area contributed by atoms with Crippen molar-refractivity contribution in [3.63, 3.8) is 0 Å². The lowest BCUT2D eigenvalue weighted by Gasteiger charge is -2.32. The van der Waals surface area contributed by atoms with E-state index in [0.717, 1.165) is 32.5 Å². The number of rotatable bonds is 0. The van der Waals surface area contributed by atoms with Gasteiger partial charge >= 0.3 is 0 Å². The molecule has 1 aliphatic heterocycles. The Morgan fingerprint density at radius 1 is 0.950 bits per heavy atom. The van der Waals surface area contributed by atoms with Crippen LogP contribution in [0.1, 0.15) is 54.4 Å². The lowest BCUT2D eigenvalue weighted by molar-refractivity contribution is 0.312. The molecule has 20 heavy (non-hydrogen) atoms. The maximum absolute atomic E-state index is 4.65. The molecular formula is C16H34N4. The first-order chi connectivity index (χ1) is 9.20. The van der Waals surface area contributed by atoms with Gasteiger partial charge in [-0.25, -0.2) is 0 Å². The van der Waals surface area contributed by atoms with E-state index in [0.29, 0.717) is 12.1 Å². The third-order valence-electron chi connectivity index (χ3n) is 3.88. The van der Waals surface area contributed by atoms with Crippen LogP contribution < -0.4 is 16.0 Å². The zero-order valence-electron chi connectivity index (χ0n) is 14.2. The summed E-state index contributed by atoms with van der Waals surface area (Å²) in [5.74, 6) is 0. The lowest BCUT2D eigenvalue weighted by atomic mass is 9.95. The normalized spacial score (nSPS) is 32.5. The number of nitrogens with one attached hydrogen (secondary N) is 3. The minimum atomic E-state index is 0.137. The van der Waals surface area contributed by atoms with Gasteiger partial charge in [0.1, 0.15) is 0 Å². The fraction of sp³-hybridized carbons (Fsp3) is 0.938. The van der Waals surface area contributed by atoms with E-state index >= 15 is 0 Å². The Morgan fingerprint density at radius 3 is 2.30 bits per heavy atom. The summed E-state index contributed by atoms with van der Waals surface area (Å²) in [6, 6.07) is 0.874. The highest BCUT2D eigenvalue weighted by Crippen LogP contribution is 2.14. The van der Waals surface area contributed by atoms with Crippen molar-refractivity contribution in [2.75, 3.05) is 19.6 Å². The average Bonchev–Trinajstić information content (AvgIpc) is 2.28. The van der Waals surface area contributed by atoms with E-state index in [1.807, 2.05) is 6.21 Å². The average molecular weight is 282 g/mol. The van der Waals surface area contributed by atoms with Crippen molar-refractivity contribution in [2.45, 2.75) is 77.5 Å². The summed E-state index contributed by atoms with van der Waals surface area (Å²) in [5, 5.41) is 10.8. The van der Waals surface area contributed by atoms with E-state index in [2.05, 4.69) is 62.5 Å². The van der Waals surface area contributed by atoms with Gasteiger partial charge in [0.2, 0.25) is 0 Å². The molecule has 1 rings (SSSR count). The van der Waals surface area contributed by atoms with Gasteiger partial charge in [-0.1, -0.05) is 0 Å². The third-order valence-corrected chi connectivity index (χ3v) is 3.88. The fourth-order valence-corrected chi connectivity index (χ4v) is 3.05. The van der Waals surface area contributed by atoms with Crippen LogP contribution in [0.5, 0.6) is 0 Å². The molecule has 0 aromatic heterocycles. The molecule has 0 aliphatic carbocycles. The minimum absolute atomic E-state index is 0.137. The first kappa shape index (κ1) is 17.6. The Morgan fingerprint density at radius 2 is 1.60 bits per heavy atom. The molecule has 0 fully saturated rings. The Kier molecular flexibility index (Phi) is 6.62. The van der Waals surface area contributed by atoms with Crippen molar-refractivity contribution in [1.29, 1.82) is 0 Å². The number of hydrogen-bond acceptors (Lipinski definition) is 4.